The number of aromatic nitrogens is 3. The lowest BCUT2D eigenvalue weighted by Gasteiger charge is -2.17. The van der Waals surface area contributed by atoms with E-state index < -0.39 is 5.97 Å². The van der Waals surface area contributed by atoms with Crippen LogP contribution in [0.25, 0.3) is 22.3 Å². The van der Waals surface area contributed by atoms with Gasteiger partial charge in [-0.2, -0.15) is 0 Å². The van der Waals surface area contributed by atoms with Crippen LogP contribution in [-0.2, 0) is 11.2 Å². The van der Waals surface area contributed by atoms with Gasteiger partial charge in [0.1, 0.15) is 11.1 Å². The van der Waals surface area contributed by atoms with Gasteiger partial charge in [-0.25, -0.2) is 9.78 Å². The van der Waals surface area contributed by atoms with Gasteiger partial charge in [0.2, 0.25) is 0 Å². The van der Waals surface area contributed by atoms with E-state index in [1.54, 1.807) is 31.5 Å². The molecule has 0 atom stereocenters. The molecule has 3 aromatic heterocycles. The van der Waals surface area contributed by atoms with Crippen molar-refractivity contribution in [3.05, 3.63) is 52.8 Å². The van der Waals surface area contributed by atoms with E-state index in [2.05, 4.69) is 20.3 Å². The molecular formula is C24H21ClN4O5. The fourth-order valence-electron chi connectivity index (χ4n) is 4.09. The number of hydrogen-bond acceptors (Lipinski definition) is 8. The number of carbonyl (C=O) groups excluding carboxylic acids is 1. The predicted molar refractivity (Wildman–Crippen MR) is 128 cm³/mol. The molecule has 0 saturated heterocycles. The Labute approximate surface area is 200 Å². The minimum absolute atomic E-state index is 0.298. The standard InChI is InChI=1S/C24H21ClN4O5/c1-31-17-11-16-19(29-23(17)33-3)12(7-9-26-16)20-21(18-14(27-20)8-10-34-24(18)30)28-15-6-4-5-13(25)22(15)32-2/h4-7,9,11,27-28H,8,10H2,1-3H3. The first-order chi connectivity index (χ1) is 16.5. The first-order valence-electron chi connectivity index (χ1n) is 10.4. The summed E-state index contributed by atoms with van der Waals surface area (Å²) in [6.07, 6.45) is 2.23. The molecule has 0 aliphatic carbocycles. The van der Waals surface area contributed by atoms with E-state index in [0.717, 1.165) is 11.3 Å². The van der Waals surface area contributed by atoms with Crippen LogP contribution >= 0.6 is 11.6 Å². The van der Waals surface area contributed by atoms with E-state index in [1.807, 2.05) is 12.1 Å². The Morgan fingerprint density at radius 1 is 1.15 bits per heavy atom. The number of hydrogen-bond donors (Lipinski definition) is 2. The fourth-order valence-corrected chi connectivity index (χ4v) is 4.34. The zero-order valence-corrected chi connectivity index (χ0v) is 19.4. The zero-order chi connectivity index (χ0) is 23.8. The van der Waals surface area contributed by atoms with Crippen molar-refractivity contribution in [3.63, 3.8) is 0 Å². The van der Waals surface area contributed by atoms with Gasteiger partial charge in [-0.05, 0) is 18.2 Å². The molecule has 9 nitrogen and oxygen atoms in total. The van der Waals surface area contributed by atoms with Gasteiger partial charge in [0, 0.05) is 29.9 Å². The number of H-pyrrole nitrogens is 1. The van der Waals surface area contributed by atoms with Crippen LogP contribution in [0.4, 0.5) is 11.4 Å². The molecule has 0 saturated carbocycles. The van der Waals surface area contributed by atoms with E-state index >= 15 is 0 Å². The minimum Gasteiger partial charge on any atom is -0.493 e. The lowest BCUT2D eigenvalue weighted by atomic mass is 10.1. The fraction of sp³-hybridized carbons (Fsp3) is 0.208. The van der Waals surface area contributed by atoms with E-state index in [9.17, 15) is 4.79 Å². The molecule has 0 spiro atoms. The second-order valence-corrected chi connectivity index (χ2v) is 7.89. The maximum absolute atomic E-state index is 12.8. The number of esters is 1. The first-order valence-corrected chi connectivity index (χ1v) is 10.8. The summed E-state index contributed by atoms with van der Waals surface area (Å²) in [5.41, 5.74) is 4.87. The third kappa shape index (κ3) is 3.54. The Morgan fingerprint density at radius 2 is 2.00 bits per heavy atom. The number of nitrogens with zero attached hydrogens (tertiary/aromatic N) is 2. The molecule has 0 unspecified atom stereocenters. The number of aromatic amines is 1. The second-order valence-electron chi connectivity index (χ2n) is 7.49. The Hall–Kier alpha value is -3.98. The predicted octanol–water partition coefficient (Wildman–Crippen LogP) is 4.76. The van der Waals surface area contributed by atoms with Crippen LogP contribution in [0.5, 0.6) is 17.4 Å². The molecule has 0 radical (unpaired) electrons. The summed E-state index contributed by atoms with van der Waals surface area (Å²) >= 11 is 6.33. The first kappa shape index (κ1) is 21.8. The molecule has 1 aliphatic heterocycles. The van der Waals surface area contributed by atoms with E-state index in [4.69, 9.17) is 30.5 Å². The average molecular weight is 481 g/mol. The summed E-state index contributed by atoms with van der Waals surface area (Å²) < 4.78 is 21.6. The number of pyridine rings is 2. The Balaban J connectivity index is 1.76. The molecule has 2 N–H and O–H groups in total. The van der Waals surface area contributed by atoms with Gasteiger partial charge in [0.05, 0.1) is 55.5 Å². The van der Waals surface area contributed by atoms with Crippen LogP contribution < -0.4 is 19.5 Å². The van der Waals surface area contributed by atoms with Gasteiger partial charge in [0.15, 0.2) is 11.5 Å². The monoisotopic (exact) mass is 480 g/mol. The lowest BCUT2D eigenvalue weighted by molar-refractivity contribution is 0.0480. The number of cyclic esters (lactones) is 1. The Bertz CT molecular complexity index is 1420. The van der Waals surface area contributed by atoms with Crippen molar-refractivity contribution >= 4 is 40.0 Å². The number of benzene rings is 1. The quantitative estimate of drug-likeness (QED) is 0.380. The number of methoxy groups -OCH3 is 3. The molecule has 0 bridgehead atoms. The van der Waals surface area contributed by atoms with Crippen LogP contribution in [0.1, 0.15) is 16.1 Å². The summed E-state index contributed by atoms with van der Waals surface area (Å²) in [4.78, 5) is 25.3. The molecule has 0 amide bonds. The minimum atomic E-state index is -0.419. The largest absolute Gasteiger partial charge is 0.493 e. The average Bonchev–Trinajstić information content (AvgIpc) is 3.22. The molecule has 1 aromatic carbocycles. The van der Waals surface area contributed by atoms with Crippen LogP contribution in [0.15, 0.2) is 36.5 Å². The summed E-state index contributed by atoms with van der Waals surface area (Å²) in [7, 11) is 4.60. The molecule has 4 aromatic rings. The highest BCUT2D eigenvalue weighted by Crippen LogP contribution is 2.43. The second kappa shape index (κ2) is 8.75. The molecule has 34 heavy (non-hydrogen) atoms. The zero-order valence-electron chi connectivity index (χ0n) is 18.7. The van der Waals surface area contributed by atoms with E-state index in [0.29, 0.717) is 69.1 Å². The lowest BCUT2D eigenvalue weighted by Crippen LogP contribution is -2.17. The summed E-state index contributed by atoms with van der Waals surface area (Å²) in [5, 5.41) is 3.78. The normalized spacial score (nSPS) is 12.8. The molecule has 0 fully saturated rings. The summed E-state index contributed by atoms with van der Waals surface area (Å²) in [6, 6.07) is 8.93. The van der Waals surface area contributed by atoms with Gasteiger partial charge in [-0.3, -0.25) is 4.98 Å². The number of ether oxygens (including phenoxy) is 4. The molecule has 174 valence electrons. The number of rotatable bonds is 6. The van der Waals surface area contributed by atoms with Crippen LogP contribution in [-0.4, -0.2) is 48.9 Å². The van der Waals surface area contributed by atoms with Crippen LogP contribution in [0.2, 0.25) is 5.02 Å². The maximum atomic E-state index is 12.8. The highest BCUT2D eigenvalue weighted by molar-refractivity contribution is 6.32. The van der Waals surface area contributed by atoms with Crippen molar-refractivity contribution in [2.75, 3.05) is 33.3 Å². The molecule has 1 aliphatic rings. The topological polar surface area (TPSA) is 108 Å². The van der Waals surface area contributed by atoms with Crippen molar-refractivity contribution in [3.8, 4) is 28.6 Å². The summed E-state index contributed by atoms with van der Waals surface area (Å²) in [5.74, 6) is 0.832. The number of para-hydroxylation sites is 1. The third-order valence-corrected chi connectivity index (χ3v) is 5.92. The summed E-state index contributed by atoms with van der Waals surface area (Å²) in [6.45, 7) is 0.298. The van der Waals surface area contributed by atoms with Crippen LogP contribution in [0.3, 0.4) is 0 Å². The number of nitrogens with one attached hydrogen (secondary N) is 2. The molecule has 5 rings (SSSR count). The molecule has 4 heterocycles. The number of carbonyl (C=O) groups is 1. The van der Waals surface area contributed by atoms with Crippen molar-refractivity contribution < 1.29 is 23.7 Å². The molecule has 10 heteroatoms. The van der Waals surface area contributed by atoms with Crippen LogP contribution in [0, 0.1) is 0 Å². The van der Waals surface area contributed by atoms with Gasteiger partial charge in [0.25, 0.3) is 5.88 Å². The Morgan fingerprint density at radius 3 is 2.76 bits per heavy atom. The third-order valence-electron chi connectivity index (χ3n) is 5.62. The van der Waals surface area contributed by atoms with Gasteiger partial charge >= 0.3 is 5.97 Å². The van der Waals surface area contributed by atoms with E-state index in [1.165, 1.54) is 14.2 Å². The van der Waals surface area contributed by atoms with Crippen molar-refractivity contribution in [1.82, 2.24) is 15.0 Å². The Kier molecular flexibility index (Phi) is 5.62. The highest BCUT2D eigenvalue weighted by Gasteiger charge is 2.30. The van der Waals surface area contributed by atoms with Gasteiger partial charge < -0.3 is 29.2 Å². The number of anilines is 2. The van der Waals surface area contributed by atoms with Gasteiger partial charge in [-0.15, -0.1) is 0 Å². The van der Waals surface area contributed by atoms with Crippen molar-refractivity contribution in [1.29, 1.82) is 0 Å². The number of fused-ring (bicyclic) bond motifs is 2. The van der Waals surface area contributed by atoms with Gasteiger partial charge in [-0.1, -0.05) is 17.7 Å². The number of halogens is 1. The van der Waals surface area contributed by atoms with E-state index in [-0.39, 0.29) is 0 Å². The smallest absolute Gasteiger partial charge is 0.342 e. The highest BCUT2D eigenvalue weighted by atomic mass is 35.5. The van der Waals surface area contributed by atoms with Crippen molar-refractivity contribution in [2.45, 2.75) is 6.42 Å². The molecular weight excluding hydrogens is 460 g/mol. The SMILES string of the molecule is COc1cc2nccc(-c3[nH]c4c(c3Nc3cccc(Cl)c3OC)C(=O)OCC4)c2nc1OC. The van der Waals surface area contributed by atoms with Crippen molar-refractivity contribution in [2.24, 2.45) is 0 Å². The maximum Gasteiger partial charge on any atom is 0.342 e.